The average molecular weight is 567 g/mol. The highest BCUT2D eigenvalue weighted by atomic mass is 35.5. The zero-order valence-electron chi connectivity index (χ0n) is 23.0. The van der Waals surface area contributed by atoms with Crippen LogP contribution in [0.5, 0.6) is 0 Å². The number of ether oxygens (including phenoxy) is 1. The summed E-state index contributed by atoms with van der Waals surface area (Å²) in [4.78, 5) is 21.9. The van der Waals surface area contributed by atoms with E-state index in [9.17, 15) is 18.0 Å². The average Bonchev–Trinajstić information content (AvgIpc) is 2.87. The molecule has 39 heavy (non-hydrogen) atoms. The molecule has 0 spiro atoms. The Bertz CT molecular complexity index is 1120. The van der Waals surface area contributed by atoms with Gasteiger partial charge in [-0.05, 0) is 56.2 Å². The Hall–Kier alpha value is -2.33. The molecule has 0 bridgehead atoms. The first-order valence-electron chi connectivity index (χ1n) is 13.4. The van der Waals surface area contributed by atoms with E-state index >= 15 is 0 Å². The minimum Gasteiger partial charge on any atom is -0.378 e. The van der Waals surface area contributed by atoms with Gasteiger partial charge in [-0.2, -0.15) is 13.2 Å². The van der Waals surface area contributed by atoms with E-state index in [1.807, 2.05) is 24.3 Å². The van der Waals surface area contributed by atoms with Crippen LogP contribution in [0.2, 0.25) is 5.02 Å². The quantitative estimate of drug-likeness (QED) is 0.477. The molecule has 2 aliphatic rings. The minimum absolute atomic E-state index is 0.0550. The summed E-state index contributed by atoms with van der Waals surface area (Å²) in [7, 11) is 3.34. The van der Waals surface area contributed by atoms with Crippen LogP contribution in [0.1, 0.15) is 35.3 Å². The van der Waals surface area contributed by atoms with Crippen molar-refractivity contribution in [3.05, 3.63) is 64.2 Å². The number of nitrogens with zero attached hydrogens (tertiary/aromatic N) is 4. The molecule has 0 radical (unpaired) electrons. The van der Waals surface area contributed by atoms with Gasteiger partial charge < -0.3 is 14.5 Å². The lowest BCUT2D eigenvalue weighted by Crippen LogP contribution is -2.57. The topological polar surface area (TPSA) is 39.3 Å². The third kappa shape index (κ3) is 7.87. The van der Waals surface area contributed by atoms with Crippen LogP contribution >= 0.6 is 11.6 Å². The maximum atomic E-state index is 13.8. The van der Waals surface area contributed by atoms with Crippen molar-refractivity contribution in [2.45, 2.75) is 44.7 Å². The van der Waals surface area contributed by atoms with Gasteiger partial charge in [-0.1, -0.05) is 23.7 Å². The summed E-state index contributed by atoms with van der Waals surface area (Å²) >= 11 is 6.08. The van der Waals surface area contributed by atoms with E-state index in [0.29, 0.717) is 36.8 Å². The Morgan fingerprint density at radius 1 is 0.974 bits per heavy atom. The van der Waals surface area contributed by atoms with Gasteiger partial charge in [0.1, 0.15) is 0 Å². The number of carbonyl (C=O) groups excluding carboxylic acids is 1. The molecule has 4 rings (SSSR count). The maximum absolute atomic E-state index is 13.8. The summed E-state index contributed by atoms with van der Waals surface area (Å²) in [5.41, 5.74) is 0.603. The van der Waals surface area contributed by atoms with Gasteiger partial charge in [-0.15, -0.1) is 0 Å². The fraction of sp³-hybridized carbons (Fsp3) is 0.552. The van der Waals surface area contributed by atoms with Crippen molar-refractivity contribution >= 4 is 23.2 Å². The number of halogens is 4. The smallest absolute Gasteiger partial charge is 0.378 e. The highest BCUT2D eigenvalue weighted by molar-refractivity contribution is 6.30. The number of morpholine rings is 1. The molecular weight excluding hydrogens is 529 g/mol. The zero-order valence-corrected chi connectivity index (χ0v) is 23.8. The second-order valence-electron chi connectivity index (χ2n) is 11.0. The van der Waals surface area contributed by atoms with E-state index in [2.05, 4.69) is 23.6 Å². The SMILES string of the molecule is C[C@@H]1CN(CCN2CCN(C(=O)c3cc(N(C)C)cc(C(F)(F)F)c3)C(Cc3ccc(Cl)cc3)C2)C[C@H](C)O1. The van der Waals surface area contributed by atoms with Gasteiger partial charge in [-0.3, -0.25) is 14.6 Å². The van der Waals surface area contributed by atoms with Gasteiger partial charge in [0.2, 0.25) is 0 Å². The zero-order chi connectivity index (χ0) is 28.3. The summed E-state index contributed by atoms with van der Waals surface area (Å²) in [5.74, 6) is -0.376. The number of piperazine rings is 1. The molecule has 2 saturated heterocycles. The van der Waals surface area contributed by atoms with Crippen LogP contribution in [-0.4, -0.2) is 98.8 Å². The molecule has 2 aliphatic heterocycles. The summed E-state index contributed by atoms with van der Waals surface area (Å²) in [6.45, 7) is 9.46. The lowest BCUT2D eigenvalue weighted by atomic mass is 10.00. The second-order valence-corrected chi connectivity index (χ2v) is 11.4. The Morgan fingerprint density at radius 3 is 2.23 bits per heavy atom. The van der Waals surface area contributed by atoms with Gasteiger partial charge in [0, 0.05) is 82.2 Å². The standard InChI is InChI=1S/C29H38ClF3N4O2/c1-20-17-36(18-21(2)39-20)10-9-35-11-12-37(27(19-35)13-22-5-7-25(30)8-6-22)28(38)23-14-24(29(31,32)33)16-26(15-23)34(3)4/h5-8,14-16,20-21,27H,9-13,17-19H2,1-4H3/t20-,21+,27?. The summed E-state index contributed by atoms with van der Waals surface area (Å²) in [6.07, 6.45) is -3.57. The van der Waals surface area contributed by atoms with E-state index < -0.39 is 11.7 Å². The molecular formula is C29H38ClF3N4O2. The minimum atomic E-state index is -4.54. The van der Waals surface area contributed by atoms with Crippen LogP contribution in [0.15, 0.2) is 42.5 Å². The van der Waals surface area contributed by atoms with Crippen LogP contribution in [0, 0.1) is 0 Å². The highest BCUT2D eigenvalue weighted by Crippen LogP contribution is 2.33. The van der Waals surface area contributed by atoms with Gasteiger partial charge >= 0.3 is 6.18 Å². The first-order chi connectivity index (χ1) is 18.4. The predicted octanol–water partition coefficient (Wildman–Crippen LogP) is 4.90. The van der Waals surface area contributed by atoms with Crippen molar-refractivity contribution in [3.8, 4) is 0 Å². The molecule has 0 aliphatic carbocycles. The molecule has 2 aromatic carbocycles. The van der Waals surface area contributed by atoms with Gasteiger partial charge in [0.15, 0.2) is 0 Å². The summed E-state index contributed by atoms with van der Waals surface area (Å²) < 4.78 is 46.9. The monoisotopic (exact) mass is 566 g/mol. The van der Waals surface area contributed by atoms with Crippen molar-refractivity contribution in [3.63, 3.8) is 0 Å². The van der Waals surface area contributed by atoms with E-state index in [1.165, 1.54) is 0 Å². The number of hydrogen-bond acceptors (Lipinski definition) is 5. The lowest BCUT2D eigenvalue weighted by molar-refractivity contribution is -0.137. The predicted molar refractivity (Wildman–Crippen MR) is 149 cm³/mol. The first kappa shape index (κ1) is 29.6. The number of carbonyl (C=O) groups is 1. The number of benzene rings is 2. The normalized spacial score (nSPS) is 23.2. The fourth-order valence-corrected chi connectivity index (χ4v) is 5.66. The molecule has 6 nitrogen and oxygen atoms in total. The number of rotatable bonds is 7. The second kappa shape index (κ2) is 12.5. The molecule has 2 fully saturated rings. The fourth-order valence-electron chi connectivity index (χ4n) is 5.53. The third-order valence-corrected chi connectivity index (χ3v) is 7.70. The van der Waals surface area contributed by atoms with Crippen LogP contribution in [0.25, 0.3) is 0 Å². The van der Waals surface area contributed by atoms with Crippen LogP contribution in [0.3, 0.4) is 0 Å². The van der Waals surface area contributed by atoms with Gasteiger partial charge in [-0.25, -0.2) is 0 Å². The molecule has 0 aromatic heterocycles. The number of amides is 1. The molecule has 0 N–H and O–H groups in total. The van der Waals surface area contributed by atoms with Crippen molar-refractivity contribution in [1.82, 2.24) is 14.7 Å². The molecule has 1 unspecified atom stereocenters. The van der Waals surface area contributed by atoms with Crippen molar-refractivity contribution in [2.24, 2.45) is 0 Å². The van der Waals surface area contributed by atoms with Crippen molar-refractivity contribution in [2.75, 3.05) is 64.8 Å². The first-order valence-corrected chi connectivity index (χ1v) is 13.8. The van der Waals surface area contributed by atoms with Crippen molar-refractivity contribution in [1.29, 1.82) is 0 Å². The van der Waals surface area contributed by atoms with E-state index in [4.69, 9.17) is 16.3 Å². The van der Waals surface area contributed by atoms with Crippen LogP contribution in [-0.2, 0) is 17.3 Å². The molecule has 2 aromatic rings. The van der Waals surface area contributed by atoms with Crippen molar-refractivity contribution < 1.29 is 22.7 Å². The van der Waals surface area contributed by atoms with E-state index in [1.54, 1.807) is 30.0 Å². The van der Waals surface area contributed by atoms with Crippen LogP contribution < -0.4 is 4.90 Å². The Labute approximate surface area is 234 Å². The molecule has 1 amide bonds. The maximum Gasteiger partial charge on any atom is 0.416 e. The summed E-state index contributed by atoms with van der Waals surface area (Å²) in [5, 5.41) is 0.631. The molecule has 0 saturated carbocycles. The lowest BCUT2D eigenvalue weighted by Gasteiger charge is -2.43. The van der Waals surface area contributed by atoms with E-state index in [0.717, 1.165) is 43.9 Å². The Kier molecular flexibility index (Phi) is 9.47. The van der Waals surface area contributed by atoms with Gasteiger partial charge in [0.25, 0.3) is 5.91 Å². The van der Waals surface area contributed by atoms with Gasteiger partial charge in [0.05, 0.1) is 17.8 Å². The largest absolute Gasteiger partial charge is 0.416 e. The van der Waals surface area contributed by atoms with Crippen LogP contribution in [0.4, 0.5) is 18.9 Å². The molecule has 2 heterocycles. The Morgan fingerprint density at radius 2 is 1.62 bits per heavy atom. The molecule has 10 heteroatoms. The number of anilines is 1. The number of alkyl halides is 3. The van der Waals surface area contributed by atoms with E-state index in [-0.39, 0.29) is 29.7 Å². The number of hydrogen-bond donors (Lipinski definition) is 0. The molecule has 214 valence electrons. The summed E-state index contributed by atoms with van der Waals surface area (Å²) in [6, 6.07) is 10.9. The third-order valence-electron chi connectivity index (χ3n) is 7.45. The highest BCUT2D eigenvalue weighted by Gasteiger charge is 2.35. The molecule has 3 atom stereocenters. The Balaban J connectivity index is 1.54.